The molecule has 1 aromatic rings. The predicted octanol–water partition coefficient (Wildman–Crippen LogP) is 2.09. The average molecular weight is 283 g/mol. The molecular formula is C11H14ClF3N2O. The van der Waals surface area contributed by atoms with Crippen LogP contribution >= 0.6 is 12.4 Å². The van der Waals surface area contributed by atoms with Gasteiger partial charge in [-0.05, 0) is 17.7 Å². The van der Waals surface area contributed by atoms with Crippen LogP contribution in [0.2, 0.25) is 0 Å². The van der Waals surface area contributed by atoms with Gasteiger partial charge in [0, 0.05) is 19.5 Å². The van der Waals surface area contributed by atoms with Gasteiger partial charge >= 0.3 is 6.18 Å². The van der Waals surface area contributed by atoms with Crippen LogP contribution in [0, 0.1) is 0 Å². The van der Waals surface area contributed by atoms with Crippen molar-refractivity contribution in [3.05, 3.63) is 35.4 Å². The van der Waals surface area contributed by atoms with E-state index in [2.05, 4.69) is 5.32 Å². The molecule has 3 N–H and O–H groups in total. The molecule has 0 aromatic heterocycles. The maximum atomic E-state index is 12.3. The van der Waals surface area contributed by atoms with Crippen molar-refractivity contribution in [2.24, 2.45) is 5.73 Å². The molecule has 0 aliphatic carbocycles. The molecule has 0 radical (unpaired) electrons. The van der Waals surface area contributed by atoms with Crippen molar-refractivity contribution in [2.75, 3.05) is 6.54 Å². The van der Waals surface area contributed by atoms with Gasteiger partial charge in [0.25, 0.3) is 0 Å². The van der Waals surface area contributed by atoms with E-state index in [1.165, 1.54) is 12.1 Å². The molecular weight excluding hydrogens is 269 g/mol. The minimum absolute atomic E-state index is 0. The number of alkyl halides is 3. The Morgan fingerprint density at radius 1 is 1.22 bits per heavy atom. The summed E-state index contributed by atoms with van der Waals surface area (Å²) in [6.45, 7) is 0.454. The van der Waals surface area contributed by atoms with Gasteiger partial charge in [0.2, 0.25) is 5.91 Å². The molecule has 7 heteroatoms. The second-order valence-corrected chi connectivity index (χ2v) is 3.51. The molecule has 0 fully saturated rings. The molecule has 0 aliphatic rings. The number of benzene rings is 1. The molecule has 0 saturated carbocycles. The maximum absolute atomic E-state index is 12.3. The van der Waals surface area contributed by atoms with Gasteiger partial charge in [-0.1, -0.05) is 12.1 Å². The van der Waals surface area contributed by atoms with E-state index in [4.69, 9.17) is 5.73 Å². The Morgan fingerprint density at radius 3 is 2.22 bits per heavy atom. The van der Waals surface area contributed by atoms with E-state index in [9.17, 15) is 18.0 Å². The van der Waals surface area contributed by atoms with E-state index < -0.39 is 11.7 Å². The minimum atomic E-state index is -4.33. The van der Waals surface area contributed by atoms with Crippen LogP contribution in [-0.2, 0) is 17.5 Å². The van der Waals surface area contributed by atoms with E-state index in [0.717, 1.165) is 12.1 Å². The first-order chi connectivity index (χ1) is 7.93. The van der Waals surface area contributed by atoms with Crippen molar-refractivity contribution in [1.82, 2.24) is 5.32 Å². The van der Waals surface area contributed by atoms with E-state index >= 15 is 0 Å². The summed E-state index contributed by atoms with van der Waals surface area (Å²) in [7, 11) is 0. The zero-order valence-corrected chi connectivity index (χ0v) is 10.3. The molecule has 3 nitrogen and oxygen atoms in total. The highest BCUT2D eigenvalue weighted by Crippen LogP contribution is 2.28. The second kappa shape index (κ2) is 7.23. The van der Waals surface area contributed by atoms with E-state index in [1.54, 1.807) is 0 Å². The molecule has 0 aliphatic heterocycles. The van der Waals surface area contributed by atoms with Gasteiger partial charge in [-0.3, -0.25) is 4.79 Å². The Balaban J connectivity index is 0.00000289. The fourth-order valence-electron chi connectivity index (χ4n) is 1.23. The van der Waals surface area contributed by atoms with Crippen molar-refractivity contribution in [1.29, 1.82) is 0 Å². The standard InChI is InChI=1S/C11H13F3N2O.ClH/c12-11(13,14)9-3-1-8(2-4-9)7-16-10(17)5-6-15;/h1-4H,5-7,15H2,(H,16,17);1H. The van der Waals surface area contributed by atoms with Gasteiger partial charge in [0.15, 0.2) is 0 Å². The van der Waals surface area contributed by atoms with Crippen molar-refractivity contribution in [3.8, 4) is 0 Å². The topological polar surface area (TPSA) is 55.1 Å². The number of halogens is 4. The zero-order valence-electron chi connectivity index (χ0n) is 9.46. The van der Waals surface area contributed by atoms with Crippen molar-refractivity contribution >= 4 is 18.3 Å². The van der Waals surface area contributed by atoms with Gasteiger partial charge in [-0.15, -0.1) is 12.4 Å². The summed E-state index contributed by atoms with van der Waals surface area (Å²) < 4.78 is 36.8. The number of rotatable bonds is 4. The molecule has 0 atom stereocenters. The molecule has 102 valence electrons. The zero-order chi connectivity index (χ0) is 12.9. The summed E-state index contributed by atoms with van der Waals surface area (Å²) in [6.07, 6.45) is -4.12. The van der Waals surface area contributed by atoms with E-state index in [1.807, 2.05) is 0 Å². The highest BCUT2D eigenvalue weighted by atomic mass is 35.5. The van der Waals surface area contributed by atoms with Gasteiger partial charge in [-0.25, -0.2) is 0 Å². The molecule has 0 saturated heterocycles. The van der Waals surface area contributed by atoms with Crippen LogP contribution in [0.4, 0.5) is 13.2 Å². The highest BCUT2D eigenvalue weighted by Gasteiger charge is 2.29. The lowest BCUT2D eigenvalue weighted by Crippen LogP contribution is -2.25. The third kappa shape index (κ3) is 5.37. The number of nitrogens with two attached hydrogens (primary N) is 1. The van der Waals surface area contributed by atoms with E-state index in [0.29, 0.717) is 5.56 Å². The Morgan fingerprint density at radius 2 is 1.78 bits per heavy atom. The number of nitrogens with one attached hydrogen (secondary N) is 1. The quantitative estimate of drug-likeness (QED) is 0.888. The third-order valence-corrected chi connectivity index (χ3v) is 2.14. The Hall–Kier alpha value is -1.27. The Bertz CT molecular complexity index is 379. The van der Waals surface area contributed by atoms with Crippen LogP contribution < -0.4 is 11.1 Å². The van der Waals surface area contributed by atoms with Crippen LogP contribution in [-0.4, -0.2) is 12.5 Å². The molecule has 1 aromatic carbocycles. The summed E-state index contributed by atoms with van der Waals surface area (Å²) >= 11 is 0. The van der Waals surface area contributed by atoms with Gasteiger partial charge in [-0.2, -0.15) is 13.2 Å². The summed E-state index contributed by atoms with van der Waals surface area (Å²) in [6, 6.07) is 4.66. The first-order valence-electron chi connectivity index (χ1n) is 5.06. The van der Waals surface area contributed by atoms with Crippen LogP contribution in [0.25, 0.3) is 0 Å². The largest absolute Gasteiger partial charge is 0.416 e. The SMILES string of the molecule is Cl.NCCC(=O)NCc1ccc(C(F)(F)F)cc1. The summed E-state index contributed by atoms with van der Waals surface area (Å²) in [5, 5.41) is 2.56. The highest BCUT2D eigenvalue weighted by molar-refractivity contribution is 5.85. The van der Waals surface area contributed by atoms with Crippen LogP contribution in [0.5, 0.6) is 0 Å². The minimum Gasteiger partial charge on any atom is -0.352 e. The Kier molecular flexibility index (Phi) is 6.72. The van der Waals surface area contributed by atoms with Crippen molar-refractivity contribution in [2.45, 2.75) is 19.1 Å². The number of carbonyl (C=O) groups is 1. The van der Waals surface area contributed by atoms with Gasteiger partial charge in [0.05, 0.1) is 5.56 Å². The van der Waals surface area contributed by atoms with Gasteiger partial charge in [0.1, 0.15) is 0 Å². The predicted molar refractivity (Wildman–Crippen MR) is 64.2 cm³/mol. The van der Waals surface area contributed by atoms with Crippen molar-refractivity contribution < 1.29 is 18.0 Å². The molecule has 0 unspecified atom stereocenters. The number of hydrogen-bond acceptors (Lipinski definition) is 2. The summed E-state index contributed by atoms with van der Waals surface area (Å²) in [5.41, 5.74) is 5.10. The Labute approximate surface area is 109 Å². The molecule has 0 bridgehead atoms. The number of carbonyl (C=O) groups excluding carboxylic acids is 1. The summed E-state index contributed by atoms with van der Waals surface area (Å²) in [5.74, 6) is -0.215. The second-order valence-electron chi connectivity index (χ2n) is 3.51. The fourth-order valence-corrected chi connectivity index (χ4v) is 1.23. The molecule has 1 rings (SSSR count). The lowest BCUT2D eigenvalue weighted by Gasteiger charge is -2.08. The monoisotopic (exact) mass is 282 g/mol. The van der Waals surface area contributed by atoms with Crippen molar-refractivity contribution in [3.63, 3.8) is 0 Å². The van der Waals surface area contributed by atoms with Crippen LogP contribution in [0.1, 0.15) is 17.5 Å². The average Bonchev–Trinajstić information content (AvgIpc) is 2.26. The summed E-state index contributed by atoms with van der Waals surface area (Å²) in [4.78, 5) is 11.1. The normalized spacial score (nSPS) is 10.7. The lowest BCUT2D eigenvalue weighted by atomic mass is 10.1. The molecule has 0 heterocycles. The molecule has 0 spiro atoms. The first-order valence-corrected chi connectivity index (χ1v) is 5.06. The smallest absolute Gasteiger partial charge is 0.352 e. The van der Waals surface area contributed by atoms with Gasteiger partial charge < -0.3 is 11.1 Å². The van der Waals surface area contributed by atoms with E-state index in [-0.39, 0.29) is 37.8 Å². The first kappa shape index (κ1) is 16.7. The maximum Gasteiger partial charge on any atom is 0.416 e. The molecule has 18 heavy (non-hydrogen) atoms. The lowest BCUT2D eigenvalue weighted by molar-refractivity contribution is -0.137. The van der Waals surface area contributed by atoms with Crippen LogP contribution in [0.15, 0.2) is 24.3 Å². The number of amides is 1. The molecule has 1 amide bonds. The fraction of sp³-hybridized carbons (Fsp3) is 0.364. The number of hydrogen-bond donors (Lipinski definition) is 2. The van der Waals surface area contributed by atoms with Crippen LogP contribution in [0.3, 0.4) is 0 Å². The third-order valence-electron chi connectivity index (χ3n) is 2.14.